The lowest BCUT2D eigenvalue weighted by atomic mass is 9.79. The highest BCUT2D eigenvalue weighted by molar-refractivity contribution is 5.85. The number of nitrogens with zero attached hydrogens (tertiary/aromatic N) is 2. The maximum Gasteiger partial charge on any atom is 0.145 e. The van der Waals surface area contributed by atoms with Gasteiger partial charge in [0, 0.05) is 12.0 Å². The lowest BCUT2D eigenvalue weighted by molar-refractivity contribution is 0.153. The highest BCUT2D eigenvalue weighted by Crippen LogP contribution is 2.31. The average molecular weight is 263 g/mol. The van der Waals surface area contributed by atoms with Crippen molar-refractivity contribution in [1.82, 2.24) is 4.90 Å². The normalized spacial score (nSPS) is 20.4. The van der Waals surface area contributed by atoms with E-state index in [-0.39, 0.29) is 5.41 Å². The molecule has 1 saturated heterocycles. The third kappa shape index (κ3) is 3.17. The molecule has 0 spiro atoms. The number of nitrogens with two attached hydrogens (primary N) is 1. The van der Waals surface area contributed by atoms with E-state index in [4.69, 9.17) is 10.9 Å². The fourth-order valence-corrected chi connectivity index (χ4v) is 2.49. The zero-order valence-corrected chi connectivity index (χ0v) is 11.2. The second-order valence-electron chi connectivity index (χ2n) is 5.49. The molecule has 0 atom stereocenters. The van der Waals surface area contributed by atoms with Crippen LogP contribution in [0.3, 0.4) is 0 Å². The SMILES string of the molecule is CC1(/C(N)=N/O)CCN(Cc2cccc(O)c2)CC1. The number of likely N-dealkylation sites (tertiary alicyclic amines) is 1. The van der Waals surface area contributed by atoms with Gasteiger partial charge in [0.15, 0.2) is 0 Å². The molecule has 0 radical (unpaired) electrons. The third-order valence-electron chi connectivity index (χ3n) is 4.00. The number of rotatable bonds is 3. The largest absolute Gasteiger partial charge is 0.508 e. The molecule has 1 fully saturated rings. The molecule has 1 heterocycles. The molecule has 1 aromatic rings. The molecule has 1 aliphatic rings. The lowest BCUT2D eigenvalue weighted by Crippen LogP contribution is -2.45. The summed E-state index contributed by atoms with van der Waals surface area (Å²) in [6.45, 7) is 4.67. The van der Waals surface area contributed by atoms with E-state index < -0.39 is 0 Å². The summed E-state index contributed by atoms with van der Waals surface area (Å²) in [5.41, 5.74) is 6.65. The summed E-state index contributed by atoms with van der Waals surface area (Å²) in [6, 6.07) is 7.33. The standard InChI is InChI=1S/C14H21N3O2/c1-14(13(15)16-19)5-7-17(8-6-14)10-11-3-2-4-12(18)9-11/h2-4,9,18-19H,5-8,10H2,1H3,(H2,15,16). The molecule has 0 bridgehead atoms. The van der Waals surface area contributed by atoms with Gasteiger partial charge in [-0.3, -0.25) is 4.90 Å². The molecule has 0 unspecified atom stereocenters. The van der Waals surface area contributed by atoms with E-state index in [0.717, 1.165) is 38.0 Å². The van der Waals surface area contributed by atoms with Gasteiger partial charge in [-0.25, -0.2) is 0 Å². The minimum atomic E-state index is -0.204. The van der Waals surface area contributed by atoms with E-state index in [2.05, 4.69) is 10.1 Å². The van der Waals surface area contributed by atoms with Crippen LogP contribution in [0.2, 0.25) is 0 Å². The minimum absolute atomic E-state index is 0.204. The number of oxime groups is 1. The molecule has 4 N–H and O–H groups in total. The minimum Gasteiger partial charge on any atom is -0.508 e. The molecule has 1 aliphatic heterocycles. The fourth-order valence-electron chi connectivity index (χ4n) is 2.49. The Bertz CT molecular complexity index is 466. The maximum atomic E-state index is 9.45. The van der Waals surface area contributed by atoms with Crippen LogP contribution in [0, 0.1) is 5.41 Å². The van der Waals surface area contributed by atoms with Crippen molar-refractivity contribution in [2.24, 2.45) is 16.3 Å². The summed E-state index contributed by atoms with van der Waals surface area (Å²) in [4.78, 5) is 2.32. The Balaban J connectivity index is 1.94. The van der Waals surface area contributed by atoms with E-state index in [1.807, 2.05) is 19.1 Å². The van der Waals surface area contributed by atoms with Crippen LogP contribution in [-0.4, -0.2) is 34.1 Å². The fraction of sp³-hybridized carbons (Fsp3) is 0.500. The Labute approximate surface area is 113 Å². The summed E-state index contributed by atoms with van der Waals surface area (Å²) in [5.74, 6) is 0.625. The second-order valence-corrected chi connectivity index (χ2v) is 5.49. The summed E-state index contributed by atoms with van der Waals surface area (Å²) >= 11 is 0. The van der Waals surface area contributed by atoms with Crippen LogP contribution < -0.4 is 5.73 Å². The summed E-state index contributed by atoms with van der Waals surface area (Å²) in [6.07, 6.45) is 1.75. The number of phenolic OH excluding ortho intramolecular Hbond substituents is 1. The average Bonchev–Trinajstić information content (AvgIpc) is 2.41. The Morgan fingerprint density at radius 3 is 2.68 bits per heavy atom. The lowest BCUT2D eigenvalue weighted by Gasteiger charge is -2.38. The molecule has 5 heteroatoms. The third-order valence-corrected chi connectivity index (χ3v) is 4.00. The van der Waals surface area contributed by atoms with E-state index in [1.165, 1.54) is 0 Å². The summed E-state index contributed by atoms with van der Waals surface area (Å²) in [7, 11) is 0. The number of phenols is 1. The van der Waals surface area contributed by atoms with Crippen molar-refractivity contribution in [3.63, 3.8) is 0 Å². The van der Waals surface area contributed by atoms with Crippen LogP contribution in [-0.2, 0) is 6.54 Å². The number of benzene rings is 1. The van der Waals surface area contributed by atoms with Gasteiger partial charge < -0.3 is 16.0 Å². The topological polar surface area (TPSA) is 82.1 Å². The van der Waals surface area contributed by atoms with Gasteiger partial charge in [0.25, 0.3) is 0 Å². The van der Waals surface area contributed by atoms with Crippen molar-refractivity contribution in [1.29, 1.82) is 0 Å². The molecule has 0 aliphatic carbocycles. The zero-order valence-electron chi connectivity index (χ0n) is 11.2. The first-order valence-corrected chi connectivity index (χ1v) is 6.52. The Morgan fingerprint density at radius 1 is 1.42 bits per heavy atom. The van der Waals surface area contributed by atoms with Crippen molar-refractivity contribution in [2.45, 2.75) is 26.3 Å². The van der Waals surface area contributed by atoms with Crippen molar-refractivity contribution in [3.8, 4) is 5.75 Å². The molecular weight excluding hydrogens is 242 g/mol. The molecular formula is C14H21N3O2. The Morgan fingerprint density at radius 2 is 2.11 bits per heavy atom. The van der Waals surface area contributed by atoms with Gasteiger partial charge in [-0.1, -0.05) is 24.2 Å². The smallest absolute Gasteiger partial charge is 0.145 e. The highest BCUT2D eigenvalue weighted by atomic mass is 16.4. The molecule has 19 heavy (non-hydrogen) atoms. The van der Waals surface area contributed by atoms with Crippen LogP contribution in [0.1, 0.15) is 25.3 Å². The molecule has 1 aromatic carbocycles. The van der Waals surface area contributed by atoms with E-state index in [1.54, 1.807) is 12.1 Å². The maximum absolute atomic E-state index is 9.45. The number of amidine groups is 1. The van der Waals surface area contributed by atoms with Crippen LogP contribution in [0.5, 0.6) is 5.75 Å². The molecule has 0 amide bonds. The molecule has 2 rings (SSSR count). The Kier molecular flexibility index (Phi) is 3.95. The van der Waals surface area contributed by atoms with Gasteiger partial charge in [-0.15, -0.1) is 0 Å². The van der Waals surface area contributed by atoms with Gasteiger partial charge in [-0.2, -0.15) is 0 Å². The first-order valence-electron chi connectivity index (χ1n) is 6.52. The van der Waals surface area contributed by atoms with Gasteiger partial charge in [0.2, 0.25) is 0 Å². The number of hydrogen-bond donors (Lipinski definition) is 3. The zero-order chi connectivity index (χ0) is 13.9. The van der Waals surface area contributed by atoms with Crippen molar-refractivity contribution >= 4 is 5.84 Å². The highest BCUT2D eigenvalue weighted by Gasteiger charge is 2.34. The Hall–Kier alpha value is -1.75. The van der Waals surface area contributed by atoms with Crippen LogP contribution in [0.4, 0.5) is 0 Å². The van der Waals surface area contributed by atoms with Crippen LogP contribution >= 0.6 is 0 Å². The first-order chi connectivity index (χ1) is 9.03. The quantitative estimate of drug-likeness (QED) is 0.336. The van der Waals surface area contributed by atoms with Gasteiger partial charge in [0.1, 0.15) is 11.6 Å². The van der Waals surface area contributed by atoms with Crippen molar-refractivity contribution in [3.05, 3.63) is 29.8 Å². The molecule has 0 saturated carbocycles. The molecule has 5 nitrogen and oxygen atoms in total. The van der Waals surface area contributed by atoms with Crippen LogP contribution in [0.15, 0.2) is 29.4 Å². The monoisotopic (exact) mass is 263 g/mol. The van der Waals surface area contributed by atoms with Crippen molar-refractivity contribution in [2.75, 3.05) is 13.1 Å². The van der Waals surface area contributed by atoms with Gasteiger partial charge >= 0.3 is 0 Å². The number of aromatic hydroxyl groups is 1. The predicted octanol–water partition coefficient (Wildman–Crippen LogP) is 1.74. The summed E-state index contributed by atoms with van der Waals surface area (Å²) < 4.78 is 0. The summed E-state index contributed by atoms with van der Waals surface area (Å²) in [5, 5.41) is 21.4. The molecule has 104 valence electrons. The van der Waals surface area contributed by atoms with Gasteiger partial charge in [0.05, 0.1) is 0 Å². The number of hydrogen-bond acceptors (Lipinski definition) is 4. The van der Waals surface area contributed by atoms with Crippen LogP contribution in [0.25, 0.3) is 0 Å². The second kappa shape index (κ2) is 5.48. The molecule has 0 aromatic heterocycles. The van der Waals surface area contributed by atoms with Crippen molar-refractivity contribution < 1.29 is 10.3 Å². The van der Waals surface area contributed by atoms with E-state index >= 15 is 0 Å². The van der Waals surface area contributed by atoms with Gasteiger partial charge in [-0.05, 0) is 43.6 Å². The number of piperidine rings is 1. The predicted molar refractivity (Wildman–Crippen MR) is 74.1 cm³/mol. The van der Waals surface area contributed by atoms with E-state index in [9.17, 15) is 5.11 Å². The first kappa shape index (κ1) is 13.7. The van der Waals surface area contributed by atoms with E-state index in [0.29, 0.717) is 11.6 Å².